The molecular formula is C12H12ClF2NOS. The summed E-state index contributed by atoms with van der Waals surface area (Å²) in [5.41, 5.74) is 6.37. The smallest absolute Gasteiger partial charge is 0.173 e. The van der Waals surface area contributed by atoms with Crippen molar-refractivity contribution in [2.45, 2.75) is 6.04 Å². The lowest BCUT2D eigenvalue weighted by molar-refractivity contribution is 0.379. The van der Waals surface area contributed by atoms with Crippen LogP contribution in [0.25, 0.3) is 0 Å². The molecule has 1 aromatic carbocycles. The molecule has 0 fully saturated rings. The molecule has 0 bridgehead atoms. The third kappa shape index (κ3) is 2.63. The average molecular weight is 292 g/mol. The largest absolute Gasteiger partial charge is 0.494 e. The lowest BCUT2D eigenvalue weighted by Crippen LogP contribution is -2.15. The molecule has 0 amide bonds. The number of methoxy groups -OCH3 is 1. The minimum atomic E-state index is -0.823. The van der Waals surface area contributed by atoms with Gasteiger partial charge in [0.05, 0.1) is 13.2 Å². The first-order valence-corrected chi connectivity index (χ1v) is 5.89. The van der Waals surface area contributed by atoms with Gasteiger partial charge in [-0.25, -0.2) is 8.78 Å². The van der Waals surface area contributed by atoms with Crippen molar-refractivity contribution in [2.75, 3.05) is 7.11 Å². The highest BCUT2D eigenvalue weighted by atomic mass is 35.5. The lowest BCUT2D eigenvalue weighted by atomic mass is 10.0. The Morgan fingerprint density at radius 1 is 1.28 bits per heavy atom. The Kier molecular flexibility index (Phi) is 5.07. The summed E-state index contributed by atoms with van der Waals surface area (Å²) in [7, 11) is 1.33. The zero-order valence-corrected chi connectivity index (χ0v) is 11.2. The third-order valence-electron chi connectivity index (χ3n) is 2.52. The second-order valence-corrected chi connectivity index (χ2v) is 4.29. The number of thiophene rings is 1. The fourth-order valence-corrected chi connectivity index (χ4v) is 2.31. The van der Waals surface area contributed by atoms with Crippen LogP contribution in [0.15, 0.2) is 29.0 Å². The molecular weight excluding hydrogens is 280 g/mol. The number of ether oxygens (including phenoxy) is 1. The molecule has 0 unspecified atom stereocenters. The van der Waals surface area contributed by atoms with Crippen molar-refractivity contribution in [2.24, 2.45) is 5.73 Å². The van der Waals surface area contributed by atoms with Crippen LogP contribution in [0.5, 0.6) is 5.75 Å². The zero-order valence-electron chi connectivity index (χ0n) is 9.52. The van der Waals surface area contributed by atoms with E-state index in [1.165, 1.54) is 24.5 Å². The van der Waals surface area contributed by atoms with Crippen LogP contribution < -0.4 is 10.5 Å². The SMILES string of the molecule is COc1ccc(F)c([C@H](N)c2ccsc2)c1F.Cl. The predicted molar refractivity (Wildman–Crippen MR) is 70.5 cm³/mol. The van der Waals surface area contributed by atoms with E-state index in [9.17, 15) is 8.78 Å². The van der Waals surface area contributed by atoms with E-state index in [1.54, 1.807) is 11.4 Å². The van der Waals surface area contributed by atoms with Crippen LogP contribution in [0.4, 0.5) is 8.78 Å². The summed E-state index contributed by atoms with van der Waals surface area (Å²) in [6, 6.07) is 3.32. The number of nitrogens with two attached hydrogens (primary N) is 1. The quantitative estimate of drug-likeness (QED) is 0.939. The molecule has 0 aliphatic rings. The highest BCUT2D eigenvalue weighted by Gasteiger charge is 2.21. The molecule has 0 saturated heterocycles. The molecule has 0 aliphatic carbocycles. The van der Waals surface area contributed by atoms with E-state index in [0.29, 0.717) is 5.56 Å². The van der Waals surface area contributed by atoms with Gasteiger partial charge in [-0.2, -0.15) is 11.3 Å². The Morgan fingerprint density at radius 2 is 2.00 bits per heavy atom. The highest BCUT2D eigenvalue weighted by molar-refractivity contribution is 7.08. The van der Waals surface area contributed by atoms with Gasteiger partial charge >= 0.3 is 0 Å². The monoisotopic (exact) mass is 291 g/mol. The lowest BCUT2D eigenvalue weighted by Gasteiger charge is -2.14. The van der Waals surface area contributed by atoms with Crippen molar-refractivity contribution in [3.63, 3.8) is 0 Å². The van der Waals surface area contributed by atoms with Gasteiger partial charge in [-0.15, -0.1) is 12.4 Å². The van der Waals surface area contributed by atoms with Gasteiger partial charge in [0.15, 0.2) is 11.6 Å². The van der Waals surface area contributed by atoms with Crippen LogP contribution in [0, 0.1) is 11.6 Å². The van der Waals surface area contributed by atoms with Crippen molar-refractivity contribution >= 4 is 23.7 Å². The second kappa shape index (κ2) is 6.13. The Bertz CT molecular complexity index is 519. The van der Waals surface area contributed by atoms with Gasteiger partial charge in [0.25, 0.3) is 0 Å². The minimum Gasteiger partial charge on any atom is -0.494 e. The molecule has 2 rings (SSSR count). The van der Waals surface area contributed by atoms with E-state index in [2.05, 4.69) is 0 Å². The third-order valence-corrected chi connectivity index (χ3v) is 3.23. The maximum Gasteiger partial charge on any atom is 0.173 e. The van der Waals surface area contributed by atoms with Crippen molar-refractivity contribution in [3.8, 4) is 5.75 Å². The van der Waals surface area contributed by atoms with E-state index < -0.39 is 17.7 Å². The summed E-state index contributed by atoms with van der Waals surface area (Å²) < 4.78 is 32.4. The Hall–Kier alpha value is -1.17. The molecule has 1 atom stereocenters. The van der Waals surface area contributed by atoms with Crippen LogP contribution in [0.3, 0.4) is 0 Å². The molecule has 98 valence electrons. The topological polar surface area (TPSA) is 35.2 Å². The van der Waals surface area contributed by atoms with Crippen LogP contribution in [-0.4, -0.2) is 7.11 Å². The maximum atomic E-state index is 13.9. The van der Waals surface area contributed by atoms with Gasteiger partial charge in [-0.1, -0.05) is 0 Å². The molecule has 1 aromatic heterocycles. The Balaban J connectivity index is 0.00000162. The molecule has 0 radical (unpaired) electrons. The predicted octanol–water partition coefficient (Wildman–Crippen LogP) is 3.50. The van der Waals surface area contributed by atoms with Gasteiger partial charge in [-0.3, -0.25) is 0 Å². The molecule has 0 saturated carbocycles. The molecule has 2 aromatic rings. The number of halogens is 3. The van der Waals surface area contributed by atoms with E-state index >= 15 is 0 Å². The number of hydrogen-bond acceptors (Lipinski definition) is 3. The van der Waals surface area contributed by atoms with Crippen molar-refractivity contribution in [3.05, 3.63) is 51.7 Å². The molecule has 0 spiro atoms. The first-order valence-electron chi connectivity index (χ1n) is 4.94. The molecule has 18 heavy (non-hydrogen) atoms. The van der Waals surface area contributed by atoms with E-state index in [-0.39, 0.29) is 23.7 Å². The Morgan fingerprint density at radius 3 is 2.56 bits per heavy atom. The summed E-state index contributed by atoms with van der Waals surface area (Å²) in [6.07, 6.45) is 0. The number of benzene rings is 1. The normalized spacial score (nSPS) is 11.8. The summed E-state index contributed by atoms with van der Waals surface area (Å²) in [4.78, 5) is 0. The summed E-state index contributed by atoms with van der Waals surface area (Å²) >= 11 is 1.43. The van der Waals surface area contributed by atoms with Crippen molar-refractivity contribution < 1.29 is 13.5 Å². The average Bonchev–Trinajstić information content (AvgIpc) is 2.82. The first-order chi connectivity index (χ1) is 8.15. The first kappa shape index (κ1) is 14.9. The van der Waals surface area contributed by atoms with E-state index in [4.69, 9.17) is 10.5 Å². The molecule has 1 heterocycles. The Labute approximate surface area is 114 Å². The van der Waals surface area contributed by atoms with Crippen LogP contribution in [0.2, 0.25) is 0 Å². The van der Waals surface area contributed by atoms with Gasteiger partial charge in [0.1, 0.15) is 5.82 Å². The van der Waals surface area contributed by atoms with Gasteiger partial charge in [-0.05, 0) is 34.5 Å². The van der Waals surface area contributed by atoms with E-state index in [1.807, 2.05) is 5.38 Å². The fraction of sp³-hybridized carbons (Fsp3) is 0.167. The van der Waals surface area contributed by atoms with Crippen molar-refractivity contribution in [1.29, 1.82) is 0 Å². The molecule has 6 heteroatoms. The summed E-state index contributed by atoms with van der Waals surface area (Å²) in [6.45, 7) is 0. The van der Waals surface area contributed by atoms with Gasteiger partial charge in [0, 0.05) is 5.56 Å². The van der Waals surface area contributed by atoms with Crippen LogP contribution in [-0.2, 0) is 0 Å². The summed E-state index contributed by atoms with van der Waals surface area (Å²) in [5.74, 6) is -1.42. The summed E-state index contributed by atoms with van der Waals surface area (Å²) in [5, 5.41) is 3.58. The molecule has 2 N–H and O–H groups in total. The maximum absolute atomic E-state index is 13.9. The van der Waals surface area contributed by atoms with Crippen LogP contribution >= 0.6 is 23.7 Å². The van der Waals surface area contributed by atoms with Gasteiger partial charge in [0.2, 0.25) is 0 Å². The van der Waals surface area contributed by atoms with E-state index in [0.717, 1.165) is 6.07 Å². The standard InChI is InChI=1S/C12H11F2NOS.ClH/c1-16-9-3-2-8(13)10(11(9)14)12(15)7-4-5-17-6-7;/h2-6,12H,15H2,1H3;1H/t12-;/m1./s1. The van der Waals surface area contributed by atoms with Gasteiger partial charge < -0.3 is 10.5 Å². The molecule has 0 aliphatic heterocycles. The molecule has 2 nitrogen and oxygen atoms in total. The fourth-order valence-electron chi connectivity index (χ4n) is 1.61. The zero-order chi connectivity index (χ0) is 12.4. The number of rotatable bonds is 3. The minimum absolute atomic E-state index is 0. The highest BCUT2D eigenvalue weighted by Crippen LogP contribution is 2.30. The second-order valence-electron chi connectivity index (χ2n) is 3.51. The van der Waals surface area contributed by atoms with Crippen molar-refractivity contribution in [1.82, 2.24) is 0 Å². The number of hydrogen-bond donors (Lipinski definition) is 1. The van der Waals surface area contributed by atoms with Crippen LogP contribution in [0.1, 0.15) is 17.2 Å².